The summed E-state index contributed by atoms with van der Waals surface area (Å²) < 4.78 is 7.17. The Morgan fingerprint density at radius 3 is 2.92 bits per heavy atom. The minimum atomic E-state index is -0.174. The molecule has 1 amide bonds. The Kier molecular flexibility index (Phi) is 8.61. The number of rotatable bonds is 11. The van der Waals surface area contributed by atoms with Gasteiger partial charge in [-0.25, -0.2) is 4.98 Å². The summed E-state index contributed by atoms with van der Waals surface area (Å²) in [6.07, 6.45) is 9.09. The molecule has 1 aromatic rings. The average Bonchev–Trinajstić information content (AvgIpc) is 3.30. The van der Waals surface area contributed by atoms with Crippen LogP contribution in [0.2, 0.25) is 0 Å². The second-order valence-corrected chi connectivity index (χ2v) is 6.83. The molecule has 1 atom stereocenters. The maximum atomic E-state index is 12.3. The van der Waals surface area contributed by atoms with Crippen molar-refractivity contribution in [3.8, 4) is 0 Å². The molecule has 1 fully saturated rings. The number of imidazole rings is 1. The fourth-order valence-electron chi connectivity index (χ4n) is 3.19. The van der Waals surface area contributed by atoms with Gasteiger partial charge in [0.15, 0.2) is 0 Å². The molecule has 0 aliphatic carbocycles. The Hall–Kier alpha value is -1.89. The second kappa shape index (κ2) is 11.0. The summed E-state index contributed by atoms with van der Waals surface area (Å²) in [5.41, 5.74) is 0. The number of aromatic nitrogens is 2. The molecule has 7 nitrogen and oxygen atoms in total. The molecule has 26 heavy (non-hydrogen) atoms. The van der Waals surface area contributed by atoms with E-state index in [1.807, 2.05) is 22.7 Å². The molecular weight excluding hydrogens is 332 g/mol. The zero-order valence-corrected chi connectivity index (χ0v) is 16.1. The highest BCUT2D eigenvalue weighted by Gasteiger charge is 2.24. The molecule has 0 radical (unpaired) electrons. The molecule has 0 spiro atoms. The maximum Gasteiger partial charge on any atom is 0.307 e. The number of unbranched alkanes of at least 4 members (excludes halogenated alkanes) is 2. The van der Waals surface area contributed by atoms with E-state index in [0.29, 0.717) is 38.5 Å². The minimum absolute atomic E-state index is 0.174. The number of amides is 1. The van der Waals surface area contributed by atoms with E-state index in [4.69, 9.17) is 4.74 Å². The summed E-state index contributed by atoms with van der Waals surface area (Å²) in [7, 11) is 1.93. The van der Waals surface area contributed by atoms with E-state index in [2.05, 4.69) is 17.2 Å². The standard InChI is InChI=1S/C19H32N4O3/c1-3-4-5-14-26-19(25)9-12-22-13-10-21-17(22)6-7-18(24)23-11-8-16(15-23)20-2/h10,13,16,20H,3-9,11-12,14-15H2,1-2H3. The van der Waals surface area contributed by atoms with Crippen LogP contribution in [0.3, 0.4) is 0 Å². The Labute approximate surface area is 156 Å². The highest BCUT2D eigenvalue weighted by atomic mass is 16.5. The average molecular weight is 364 g/mol. The van der Waals surface area contributed by atoms with Gasteiger partial charge in [-0.15, -0.1) is 0 Å². The van der Waals surface area contributed by atoms with Crippen molar-refractivity contribution in [2.24, 2.45) is 0 Å². The molecule has 1 aromatic heterocycles. The van der Waals surface area contributed by atoms with Gasteiger partial charge in [-0.2, -0.15) is 0 Å². The first-order valence-corrected chi connectivity index (χ1v) is 9.74. The largest absolute Gasteiger partial charge is 0.466 e. The second-order valence-electron chi connectivity index (χ2n) is 6.83. The van der Waals surface area contributed by atoms with Gasteiger partial charge in [0.05, 0.1) is 13.0 Å². The number of hydrogen-bond acceptors (Lipinski definition) is 5. The van der Waals surface area contributed by atoms with Gasteiger partial charge in [-0.1, -0.05) is 19.8 Å². The normalized spacial score (nSPS) is 16.8. The number of carbonyl (C=O) groups is 2. The van der Waals surface area contributed by atoms with Gasteiger partial charge in [0, 0.05) is 50.9 Å². The third kappa shape index (κ3) is 6.44. The van der Waals surface area contributed by atoms with Crippen LogP contribution in [-0.4, -0.2) is 59.1 Å². The van der Waals surface area contributed by atoms with E-state index in [1.54, 1.807) is 6.20 Å². The van der Waals surface area contributed by atoms with Crippen LogP contribution >= 0.6 is 0 Å². The number of aryl methyl sites for hydroxylation is 2. The maximum absolute atomic E-state index is 12.3. The van der Waals surface area contributed by atoms with Gasteiger partial charge in [0.1, 0.15) is 5.82 Å². The number of likely N-dealkylation sites (tertiary alicyclic amines) is 1. The van der Waals surface area contributed by atoms with Crippen LogP contribution < -0.4 is 5.32 Å². The van der Waals surface area contributed by atoms with E-state index in [9.17, 15) is 9.59 Å². The smallest absolute Gasteiger partial charge is 0.307 e. The van der Waals surface area contributed by atoms with E-state index >= 15 is 0 Å². The summed E-state index contributed by atoms with van der Waals surface area (Å²) in [6.45, 7) is 4.77. The van der Waals surface area contributed by atoms with E-state index in [1.165, 1.54) is 0 Å². The van der Waals surface area contributed by atoms with Crippen molar-refractivity contribution in [2.45, 2.75) is 64.5 Å². The van der Waals surface area contributed by atoms with Crippen molar-refractivity contribution < 1.29 is 14.3 Å². The third-order valence-corrected chi connectivity index (χ3v) is 4.88. The quantitative estimate of drug-likeness (QED) is 0.478. The number of carbonyl (C=O) groups excluding carboxylic acids is 2. The Morgan fingerprint density at radius 1 is 1.35 bits per heavy atom. The van der Waals surface area contributed by atoms with E-state index in [0.717, 1.165) is 44.6 Å². The fourth-order valence-corrected chi connectivity index (χ4v) is 3.19. The number of ether oxygens (including phenoxy) is 1. The van der Waals surface area contributed by atoms with Gasteiger partial charge in [-0.05, 0) is 19.9 Å². The van der Waals surface area contributed by atoms with Gasteiger partial charge < -0.3 is 19.5 Å². The highest BCUT2D eigenvalue weighted by Crippen LogP contribution is 2.12. The molecule has 7 heteroatoms. The predicted molar refractivity (Wildman–Crippen MR) is 99.7 cm³/mol. The van der Waals surface area contributed by atoms with Crippen LogP contribution in [0.25, 0.3) is 0 Å². The van der Waals surface area contributed by atoms with Crippen LogP contribution in [0.1, 0.15) is 51.3 Å². The molecule has 1 unspecified atom stereocenters. The van der Waals surface area contributed by atoms with Gasteiger partial charge in [-0.3, -0.25) is 9.59 Å². The molecule has 0 bridgehead atoms. The monoisotopic (exact) mass is 364 g/mol. The van der Waals surface area contributed by atoms with Crippen LogP contribution in [0.4, 0.5) is 0 Å². The molecule has 0 saturated carbocycles. The molecule has 1 aliphatic heterocycles. The summed E-state index contributed by atoms with van der Waals surface area (Å²) in [5, 5.41) is 3.22. The number of hydrogen-bond donors (Lipinski definition) is 1. The number of nitrogens with zero attached hydrogens (tertiary/aromatic N) is 3. The zero-order valence-electron chi connectivity index (χ0n) is 16.1. The van der Waals surface area contributed by atoms with Crippen LogP contribution in [0.5, 0.6) is 0 Å². The fraction of sp³-hybridized carbons (Fsp3) is 0.737. The molecule has 1 saturated heterocycles. The van der Waals surface area contributed by atoms with Crippen molar-refractivity contribution in [1.82, 2.24) is 19.8 Å². The lowest BCUT2D eigenvalue weighted by atomic mass is 10.2. The van der Waals surface area contributed by atoms with Crippen molar-refractivity contribution in [3.63, 3.8) is 0 Å². The number of likely N-dealkylation sites (N-methyl/N-ethyl adjacent to an activating group) is 1. The first kappa shape index (κ1) is 20.4. The molecule has 1 N–H and O–H groups in total. The van der Waals surface area contributed by atoms with Gasteiger partial charge in [0.25, 0.3) is 0 Å². The first-order valence-electron chi connectivity index (χ1n) is 9.74. The van der Waals surface area contributed by atoms with Crippen molar-refractivity contribution in [1.29, 1.82) is 0 Å². The lowest BCUT2D eigenvalue weighted by Gasteiger charge is -2.16. The molecule has 0 aromatic carbocycles. The highest BCUT2D eigenvalue weighted by molar-refractivity contribution is 5.76. The first-order chi connectivity index (χ1) is 12.6. The Bertz CT molecular complexity index is 573. The van der Waals surface area contributed by atoms with Crippen molar-refractivity contribution >= 4 is 11.9 Å². The number of nitrogens with one attached hydrogen (secondary N) is 1. The molecule has 2 heterocycles. The van der Waals surface area contributed by atoms with Crippen LogP contribution in [0.15, 0.2) is 12.4 Å². The zero-order chi connectivity index (χ0) is 18.8. The van der Waals surface area contributed by atoms with Crippen LogP contribution in [-0.2, 0) is 27.3 Å². The molecule has 146 valence electrons. The summed E-state index contributed by atoms with van der Waals surface area (Å²) in [6, 6.07) is 0.407. The summed E-state index contributed by atoms with van der Waals surface area (Å²) in [4.78, 5) is 30.4. The summed E-state index contributed by atoms with van der Waals surface area (Å²) in [5.74, 6) is 0.848. The lowest BCUT2D eigenvalue weighted by Crippen LogP contribution is -2.33. The topological polar surface area (TPSA) is 76.5 Å². The van der Waals surface area contributed by atoms with Gasteiger partial charge >= 0.3 is 5.97 Å². The van der Waals surface area contributed by atoms with Crippen molar-refractivity contribution in [2.75, 3.05) is 26.7 Å². The number of esters is 1. The molecular formula is C19H32N4O3. The van der Waals surface area contributed by atoms with E-state index < -0.39 is 0 Å². The lowest BCUT2D eigenvalue weighted by molar-refractivity contribution is -0.144. The third-order valence-electron chi connectivity index (χ3n) is 4.88. The van der Waals surface area contributed by atoms with E-state index in [-0.39, 0.29) is 11.9 Å². The minimum Gasteiger partial charge on any atom is -0.466 e. The van der Waals surface area contributed by atoms with Crippen molar-refractivity contribution in [3.05, 3.63) is 18.2 Å². The molecule has 2 rings (SSSR count). The van der Waals surface area contributed by atoms with Crippen LogP contribution in [0, 0.1) is 0 Å². The Morgan fingerprint density at radius 2 is 2.19 bits per heavy atom. The Balaban J connectivity index is 1.70. The molecule has 1 aliphatic rings. The summed E-state index contributed by atoms with van der Waals surface area (Å²) >= 11 is 0. The van der Waals surface area contributed by atoms with Gasteiger partial charge in [0.2, 0.25) is 5.91 Å². The predicted octanol–water partition coefficient (Wildman–Crippen LogP) is 1.76. The SMILES string of the molecule is CCCCCOC(=O)CCn1ccnc1CCC(=O)N1CCC(NC)C1.